The van der Waals surface area contributed by atoms with Gasteiger partial charge in [0.05, 0.1) is 16.8 Å². The van der Waals surface area contributed by atoms with Gasteiger partial charge >= 0.3 is 0 Å². The van der Waals surface area contributed by atoms with Crippen LogP contribution < -0.4 is 4.90 Å². The molecule has 8 heteroatoms. The largest absolute Gasteiger partial charge is 0.334 e. The molecule has 1 aliphatic rings. The van der Waals surface area contributed by atoms with Gasteiger partial charge in [-0.1, -0.05) is 49.2 Å². The summed E-state index contributed by atoms with van der Waals surface area (Å²) in [6, 6.07) is 7.80. The number of benzene rings is 1. The molecular formula is C21H26Cl2N6. The average molecular weight is 433 g/mol. The second-order valence-electron chi connectivity index (χ2n) is 8.06. The zero-order valence-corrected chi connectivity index (χ0v) is 18.7. The SMILES string of the molecule is Cc1nn(CC(C)C)c(Cl)c1C1CCCN1c1nc(-c2ccccc2Cl)nn1C. The Morgan fingerprint density at radius 1 is 1.17 bits per heavy atom. The molecule has 1 saturated heterocycles. The summed E-state index contributed by atoms with van der Waals surface area (Å²) >= 11 is 13.1. The Balaban J connectivity index is 1.70. The molecule has 0 spiro atoms. The van der Waals surface area contributed by atoms with Crippen LogP contribution in [0.1, 0.15) is 44.0 Å². The van der Waals surface area contributed by atoms with Gasteiger partial charge in [-0.05, 0) is 37.8 Å². The first-order chi connectivity index (χ1) is 13.9. The van der Waals surface area contributed by atoms with Crippen LogP contribution in [0.5, 0.6) is 0 Å². The van der Waals surface area contributed by atoms with E-state index in [4.69, 9.17) is 33.3 Å². The minimum absolute atomic E-state index is 0.144. The van der Waals surface area contributed by atoms with Crippen LogP contribution in [0.3, 0.4) is 0 Å². The van der Waals surface area contributed by atoms with Crippen molar-refractivity contribution in [1.82, 2.24) is 24.5 Å². The zero-order valence-electron chi connectivity index (χ0n) is 17.2. The van der Waals surface area contributed by atoms with Crippen LogP contribution in [-0.2, 0) is 13.6 Å². The van der Waals surface area contributed by atoms with Crippen molar-refractivity contribution < 1.29 is 0 Å². The van der Waals surface area contributed by atoms with Crippen LogP contribution >= 0.6 is 23.2 Å². The Bertz CT molecular complexity index is 1020. The first kappa shape index (κ1) is 20.2. The maximum Gasteiger partial charge on any atom is 0.224 e. The van der Waals surface area contributed by atoms with Crippen molar-refractivity contribution >= 4 is 29.2 Å². The topological polar surface area (TPSA) is 51.8 Å². The lowest BCUT2D eigenvalue weighted by atomic mass is 10.1. The fraction of sp³-hybridized carbons (Fsp3) is 0.476. The highest BCUT2D eigenvalue weighted by Gasteiger charge is 2.34. The predicted octanol–water partition coefficient (Wildman–Crippen LogP) is 5.29. The van der Waals surface area contributed by atoms with Crippen molar-refractivity contribution in [1.29, 1.82) is 0 Å². The summed E-state index contributed by atoms with van der Waals surface area (Å²) in [6.45, 7) is 8.10. The summed E-state index contributed by atoms with van der Waals surface area (Å²) < 4.78 is 3.76. The number of aromatic nitrogens is 5. The second-order valence-corrected chi connectivity index (χ2v) is 8.82. The van der Waals surface area contributed by atoms with Crippen molar-refractivity contribution in [2.24, 2.45) is 13.0 Å². The third-order valence-corrected chi connectivity index (χ3v) is 6.07. The molecule has 1 unspecified atom stereocenters. The van der Waals surface area contributed by atoms with Crippen molar-refractivity contribution in [3.05, 3.63) is 45.7 Å². The molecule has 0 bridgehead atoms. The lowest BCUT2D eigenvalue weighted by molar-refractivity contribution is 0.481. The van der Waals surface area contributed by atoms with Gasteiger partial charge in [0.25, 0.3) is 0 Å². The minimum atomic E-state index is 0.144. The molecule has 0 radical (unpaired) electrons. The van der Waals surface area contributed by atoms with Crippen LogP contribution in [0.15, 0.2) is 24.3 Å². The minimum Gasteiger partial charge on any atom is -0.334 e. The summed E-state index contributed by atoms with van der Waals surface area (Å²) in [5.41, 5.74) is 2.93. The monoisotopic (exact) mass is 432 g/mol. The molecular weight excluding hydrogens is 407 g/mol. The molecule has 2 aromatic heterocycles. The molecule has 0 aliphatic carbocycles. The van der Waals surface area contributed by atoms with Crippen LogP contribution in [-0.4, -0.2) is 31.1 Å². The van der Waals surface area contributed by atoms with Gasteiger partial charge in [0.1, 0.15) is 5.15 Å². The molecule has 29 heavy (non-hydrogen) atoms. The summed E-state index contributed by atoms with van der Waals surface area (Å²) in [7, 11) is 1.93. The number of aryl methyl sites for hydroxylation is 2. The molecule has 0 N–H and O–H groups in total. The van der Waals surface area contributed by atoms with E-state index in [1.54, 1.807) is 0 Å². The van der Waals surface area contributed by atoms with E-state index in [-0.39, 0.29) is 6.04 Å². The molecule has 0 saturated carbocycles. The van der Waals surface area contributed by atoms with Crippen molar-refractivity contribution in [3.63, 3.8) is 0 Å². The molecule has 1 aromatic carbocycles. The molecule has 1 fully saturated rings. The summed E-state index contributed by atoms with van der Waals surface area (Å²) in [6.07, 6.45) is 2.09. The number of hydrogen-bond donors (Lipinski definition) is 0. The van der Waals surface area contributed by atoms with Gasteiger partial charge in [0, 0.05) is 31.3 Å². The van der Waals surface area contributed by atoms with E-state index < -0.39 is 0 Å². The maximum absolute atomic E-state index is 6.78. The standard InChI is InChI=1S/C21H26Cl2N6/c1-13(2)12-29-19(23)18(14(3)25-29)17-10-7-11-28(17)21-24-20(26-27(21)4)15-8-5-6-9-16(15)22/h5-6,8-9,13,17H,7,10-12H2,1-4H3. The normalized spacial score (nSPS) is 16.9. The predicted molar refractivity (Wildman–Crippen MR) is 118 cm³/mol. The fourth-order valence-electron chi connectivity index (χ4n) is 4.10. The van der Waals surface area contributed by atoms with Crippen LogP contribution in [0.2, 0.25) is 10.2 Å². The summed E-state index contributed by atoms with van der Waals surface area (Å²) in [5, 5.41) is 10.7. The smallest absolute Gasteiger partial charge is 0.224 e. The number of nitrogens with zero attached hydrogens (tertiary/aromatic N) is 6. The Hall–Kier alpha value is -2.05. The highest BCUT2D eigenvalue weighted by atomic mass is 35.5. The van der Waals surface area contributed by atoms with E-state index >= 15 is 0 Å². The van der Waals surface area contributed by atoms with E-state index in [1.165, 1.54) is 0 Å². The quantitative estimate of drug-likeness (QED) is 0.549. The van der Waals surface area contributed by atoms with Crippen molar-refractivity contribution in [2.75, 3.05) is 11.4 Å². The molecule has 154 valence electrons. The second kappa shape index (κ2) is 8.00. The molecule has 4 rings (SSSR count). The Morgan fingerprint density at radius 3 is 2.66 bits per heavy atom. The number of anilines is 1. The molecule has 1 atom stereocenters. The van der Waals surface area contributed by atoms with E-state index in [1.807, 2.05) is 47.6 Å². The third kappa shape index (κ3) is 3.76. The number of hydrogen-bond acceptors (Lipinski definition) is 4. The lowest BCUT2D eigenvalue weighted by Crippen LogP contribution is -2.26. The van der Waals surface area contributed by atoms with Gasteiger partial charge in [-0.3, -0.25) is 4.68 Å². The van der Waals surface area contributed by atoms with Gasteiger partial charge in [0.15, 0.2) is 5.82 Å². The van der Waals surface area contributed by atoms with Gasteiger partial charge < -0.3 is 4.90 Å². The molecule has 6 nitrogen and oxygen atoms in total. The number of halogens is 2. The Morgan fingerprint density at radius 2 is 1.93 bits per heavy atom. The van der Waals surface area contributed by atoms with Gasteiger partial charge in [-0.2, -0.15) is 10.1 Å². The zero-order chi connectivity index (χ0) is 20.7. The van der Waals surface area contributed by atoms with E-state index in [9.17, 15) is 0 Å². The van der Waals surface area contributed by atoms with Crippen LogP contribution in [0.25, 0.3) is 11.4 Å². The first-order valence-electron chi connectivity index (χ1n) is 10.0. The highest BCUT2D eigenvalue weighted by molar-refractivity contribution is 6.33. The van der Waals surface area contributed by atoms with Gasteiger partial charge in [-0.25, -0.2) is 4.68 Å². The molecule has 0 amide bonds. The molecule has 3 aromatic rings. The van der Waals surface area contributed by atoms with Crippen molar-refractivity contribution in [2.45, 2.75) is 46.2 Å². The fourth-order valence-corrected chi connectivity index (χ4v) is 4.69. The molecule has 3 heterocycles. The molecule has 1 aliphatic heterocycles. The van der Waals surface area contributed by atoms with E-state index in [2.05, 4.69) is 23.8 Å². The van der Waals surface area contributed by atoms with Crippen LogP contribution in [0.4, 0.5) is 5.95 Å². The van der Waals surface area contributed by atoms with E-state index in [0.717, 1.165) is 53.9 Å². The third-order valence-electron chi connectivity index (χ3n) is 5.35. The van der Waals surface area contributed by atoms with Crippen LogP contribution in [0, 0.1) is 12.8 Å². The lowest BCUT2D eigenvalue weighted by Gasteiger charge is -2.25. The first-order valence-corrected chi connectivity index (χ1v) is 10.8. The summed E-state index contributed by atoms with van der Waals surface area (Å²) in [4.78, 5) is 7.13. The van der Waals surface area contributed by atoms with E-state index in [0.29, 0.717) is 16.8 Å². The average Bonchev–Trinajstić information content (AvgIpc) is 3.33. The Labute approximate surface area is 181 Å². The maximum atomic E-state index is 6.78. The number of rotatable bonds is 5. The van der Waals surface area contributed by atoms with Gasteiger partial charge in [-0.15, -0.1) is 5.10 Å². The van der Waals surface area contributed by atoms with Gasteiger partial charge in [0.2, 0.25) is 5.95 Å². The van der Waals surface area contributed by atoms with Crippen molar-refractivity contribution in [3.8, 4) is 11.4 Å². The summed E-state index contributed by atoms with van der Waals surface area (Å²) in [5.74, 6) is 1.95. The highest BCUT2D eigenvalue weighted by Crippen LogP contribution is 2.40. The Kier molecular flexibility index (Phi) is 5.58.